The van der Waals surface area contributed by atoms with Gasteiger partial charge >= 0.3 is 0 Å². The molecule has 0 N–H and O–H groups in total. The Morgan fingerprint density at radius 3 is 2.16 bits per heavy atom. The minimum atomic E-state index is 0.592. The highest BCUT2D eigenvalue weighted by molar-refractivity contribution is 6.06. The van der Waals surface area contributed by atoms with Crippen LogP contribution in [-0.2, 0) is 0 Å². The van der Waals surface area contributed by atoms with Gasteiger partial charge in [0, 0.05) is 30.3 Å². The molecule has 0 bridgehead atoms. The smallest absolute Gasteiger partial charge is 0.232 e. The molecule has 1 aliphatic rings. The number of aromatic nitrogens is 2. The van der Waals surface area contributed by atoms with Gasteiger partial charge in [-0.2, -0.15) is 0 Å². The van der Waals surface area contributed by atoms with E-state index < -0.39 is 0 Å². The molecule has 0 atom stereocenters. The van der Waals surface area contributed by atoms with Gasteiger partial charge in [-0.25, -0.2) is 9.97 Å². The third-order valence-electron chi connectivity index (χ3n) is 6.05. The Balaban J connectivity index is 1.78. The van der Waals surface area contributed by atoms with Crippen molar-refractivity contribution in [2.75, 3.05) is 32.2 Å². The fourth-order valence-corrected chi connectivity index (χ4v) is 4.46. The summed E-state index contributed by atoms with van der Waals surface area (Å²) in [4.78, 5) is 11.6. The molecule has 0 spiro atoms. The van der Waals surface area contributed by atoms with Crippen molar-refractivity contribution in [2.45, 2.75) is 25.7 Å². The summed E-state index contributed by atoms with van der Waals surface area (Å²) in [7, 11) is 3.30. The van der Waals surface area contributed by atoms with Gasteiger partial charge in [-0.05, 0) is 30.5 Å². The molecule has 0 radical (unpaired) electrons. The van der Waals surface area contributed by atoms with Crippen LogP contribution in [0.3, 0.4) is 0 Å². The first kappa shape index (κ1) is 20.4. The van der Waals surface area contributed by atoms with Gasteiger partial charge in [0.15, 0.2) is 0 Å². The molecule has 0 unspecified atom stereocenters. The van der Waals surface area contributed by atoms with Gasteiger partial charge in [-0.15, -0.1) is 0 Å². The Morgan fingerprint density at radius 2 is 1.50 bits per heavy atom. The standard InChI is InChI=1S/C26H27N3O3/c1-30-20-14-19(15-21(16-20)31-2)24-22(18-10-6-5-7-11-18)23-25(27-17-28-26(23)32-24)29-12-8-3-4-9-13-29/h5-7,10-11,14-17H,3-4,8-9,12-13H2,1-2H3. The molecule has 2 aromatic carbocycles. The van der Waals surface area contributed by atoms with E-state index in [1.807, 2.05) is 36.4 Å². The number of benzene rings is 2. The van der Waals surface area contributed by atoms with Gasteiger partial charge in [-0.1, -0.05) is 43.2 Å². The number of hydrogen-bond donors (Lipinski definition) is 0. The van der Waals surface area contributed by atoms with Crippen molar-refractivity contribution >= 4 is 16.9 Å². The maximum Gasteiger partial charge on any atom is 0.232 e. The molecule has 6 heteroatoms. The molecular formula is C26H27N3O3. The second-order valence-corrected chi connectivity index (χ2v) is 8.05. The van der Waals surface area contributed by atoms with Crippen LogP contribution in [0.1, 0.15) is 25.7 Å². The Morgan fingerprint density at radius 1 is 0.812 bits per heavy atom. The SMILES string of the molecule is COc1cc(OC)cc(-c2oc3ncnc(N4CCCCCC4)c3c2-c2ccccc2)c1. The summed E-state index contributed by atoms with van der Waals surface area (Å²) < 4.78 is 17.4. The van der Waals surface area contributed by atoms with Crippen LogP contribution in [0.15, 0.2) is 59.3 Å². The lowest BCUT2D eigenvalue weighted by molar-refractivity contribution is 0.394. The van der Waals surface area contributed by atoms with Gasteiger partial charge in [0.1, 0.15) is 29.4 Å². The molecule has 5 rings (SSSR count). The van der Waals surface area contributed by atoms with E-state index in [0.717, 1.165) is 46.7 Å². The van der Waals surface area contributed by atoms with Crippen molar-refractivity contribution in [2.24, 2.45) is 0 Å². The zero-order chi connectivity index (χ0) is 21.9. The Bertz CT molecular complexity index is 1190. The molecule has 164 valence electrons. The topological polar surface area (TPSA) is 60.6 Å². The van der Waals surface area contributed by atoms with Crippen LogP contribution in [0.2, 0.25) is 0 Å². The maximum absolute atomic E-state index is 6.41. The van der Waals surface area contributed by atoms with Crippen molar-refractivity contribution in [1.29, 1.82) is 0 Å². The third-order valence-corrected chi connectivity index (χ3v) is 6.05. The van der Waals surface area contributed by atoms with E-state index in [9.17, 15) is 0 Å². The molecule has 0 saturated carbocycles. The van der Waals surface area contributed by atoms with Gasteiger partial charge < -0.3 is 18.8 Å². The van der Waals surface area contributed by atoms with E-state index in [0.29, 0.717) is 17.2 Å². The average Bonchev–Trinajstić information content (AvgIpc) is 3.04. The van der Waals surface area contributed by atoms with Gasteiger partial charge in [0.05, 0.1) is 19.6 Å². The number of fused-ring (bicyclic) bond motifs is 1. The van der Waals surface area contributed by atoms with Crippen molar-refractivity contribution in [3.8, 4) is 33.9 Å². The fraction of sp³-hybridized carbons (Fsp3) is 0.308. The molecule has 4 aromatic rings. The lowest BCUT2D eigenvalue weighted by Crippen LogP contribution is -2.25. The number of rotatable bonds is 5. The van der Waals surface area contributed by atoms with E-state index in [-0.39, 0.29) is 0 Å². The zero-order valence-corrected chi connectivity index (χ0v) is 18.5. The summed E-state index contributed by atoms with van der Waals surface area (Å²) >= 11 is 0. The highest BCUT2D eigenvalue weighted by Crippen LogP contribution is 2.45. The van der Waals surface area contributed by atoms with E-state index >= 15 is 0 Å². The minimum Gasteiger partial charge on any atom is -0.497 e. The van der Waals surface area contributed by atoms with Crippen molar-refractivity contribution in [3.05, 3.63) is 54.9 Å². The first-order valence-electron chi connectivity index (χ1n) is 11.1. The van der Waals surface area contributed by atoms with E-state index in [2.05, 4.69) is 22.0 Å². The lowest BCUT2D eigenvalue weighted by atomic mass is 9.99. The molecule has 0 aliphatic carbocycles. The predicted molar refractivity (Wildman–Crippen MR) is 126 cm³/mol. The number of hydrogen-bond acceptors (Lipinski definition) is 6. The molecule has 1 saturated heterocycles. The second kappa shape index (κ2) is 8.91. The fourth-order valence-electron chi connectivity index (χ4n) is 4.46. The molecule has 2 aromatic heterocycles. The van der Waals surface area contributed by atoms with Crippen molar-refractivity contribution in [1.82, 2.24) is 9.97 Å². The first-order chi connectivity index (χ1) is 15.8. The van der Waals surface area contributed by atoms with E-state index in [4.69, 9.17) is 18.9 Å². The molecule has 6 nitrogen and oxygen atoms in total. The Labute approximate surface area is 187 Å². The van der Waals surface area contributed by atoms with Crippen molar-refractivity contribution in [3.63, 3.8) is 0 Å². The highest BCUT2D eigenvalue weighted by atomic mass is 16.5. The number of anilines is 1. The van der Waals surface area contributed by atoms with Crippen LogP contribution >= 0.6 is 0 Å². The average molecular weight is 430 g/mol. The summed E-state index contributed by atoms with van der Waals surface area (Å²) in [6.45, 7) is 1.99. The molecule has 1 aliphatic heterocycles. The largest absolute Gasteiger partial charge is 0.497 e. The first-order valence-corrected chi connectivity index (χ1v) is 11.1. The summed E-state index contributed by atoms with van der Waals surface area (Å²) in [5.41, 5.74) is 3.53. The van der Waals surface area contributed by atoms with Crippen LogP contribution in [0.25, 0.3) is 33.6 Å². The summed E-state index contributed by atoms with van der Waals surface area (Å²) in [6.07, 6.45) is 6.47. The van der Waals surface area contributed by atoms with E-state index in [1.165, 1.54) is 25.7 Å². The minimum absolute atomic E-state index is 0.592. The molecule has 0 amide bonds. The molecule has 3 heterocycles. The number of ether oxygens (including phenoxy) is 2. The van der Waals surface area contributed by atoms with Crippen LogP contribution in [0.4, 0.5) is 5.82 Å². The van der Waals surface area contributed by atoms with Crippen LogP contribution < -0.4 is 14.4 Å². The summed E-state index contributed by atoms with van der Waals surface area (Å²) in [5.74, 6) is 3.09. The monoisotopic (exact) mass is 429 g/mol. The quantitative estimate of drug-likeness (QED) is 0.390. The highest BCUT2D eigenvalue weighted by Gasteiger charge is 2.25. The third kappa shape index (κ3) is 3.77. The van der Waals surface area contributed by atoms with Gasteiger partial charge in [-0.3, -0.25) is 0 Å². The van der Waals surface area contributed by atoms with Gasteiger partial charge in [0.2, 0.25) is 5.71 Å². The normalized spacial score (nSPS) is 14.4. The molecule has 1 fully saturated rings. The summed E-state index contributed by atoms with van der Waals surface area (Å²) in [5, 5.41) is 0.956. The van der Waals surface area contributed by atoms with Crippen LogP contribution in [-0.4, -0.2) is 37.3 Å². The van der Waals surface area contributed by atoms with Crippen LogP contribution in [0, 0.1) is 0 Å². The molecular weight excluding hydrogens is 402 g/mol. The summed E-state index contributed by atoms with van der Waals surface area (Å²) in [6, 6.07) is 16.1. The van der Waals surface area contributed by atoms with Crippen LogP contribution in [0.5, 0.6) is 11.5 Å². The lowest BCUT2D eigenvalue weighted by Gasteiger charge is -2.22. The Kier molecular flexibility index (Phi) is 5.67. The molecule has 32 heavy (non-hydrogen) atoms. The maximum atomic E-state index is 6.41. The van der Waals surface area contributed by atoms with Gasteiger partial charge in [0.25, 0.3) is 0 Å². The second-order valence-electron chi connectivity index (χ2n) is 8.05. The number of methoxy groups -OCH3 is 2. The number of furan rings is 1. The Hall–Kier alpha value is -3.54. The zero-order valence-electron chi connectivity index (χ0n) is 18.5. The predicted octanol–water partition coefficient (Wildman–Crippen LogP) is 5.95. The van der Waals surface area contributed by atoms with Crippen molar-refractivity contribution < 1.29 is 13.9 Å². The number of nitrogens with zero attached hydrogens (tertiary/aromatic N) is 3. The van der Waals surface area contributed by atoms with E-state index in [1.54, 1.807) is 20.5 Å².